The molecule has 214 valence electrons. The molecule has 0 saturated carbocycles. The van der Waals surface area contributed by atoms with Gasteiger partial charge in [0.2, 0.25) is 20.0 Å². The maximum atomic E-state index is 13.7. The van der Waals surface area contributed by atoms with Crippen molar-refractivity contribution in [2.75, 3.05) is 33.9 Å². The van der Waals surface area contributed by atoms with E-state index >= 15 is 0 Å². The minimum atomic E-state index is -3.98. The van der Waals surface area contributed by atoms with E-state index in [1.54, 1.807) is 37.3 Å². The molecule has 2 aromatic carbocycles. The number of rotatable bonds is 8. The van der Waals surface area contributed by atoms with E-state index in [1.807, 2.05) is 6.92 Å². The summed E-state index contributed by atoms with van der Waals surface area (Å²) < 4.78 is 68.5. The van der Waals surface area contributed by atoms with Crippen LogP contribution in [0, 0.1) is 5.92 Å². The minimum absolute atomic E-state index is 0.00549. The van der Waals surface area contributed by atoms with Crippen LogP contribution in [-0.2, 0) is 20.0 Å². The normalized spacial score (nSPS) is 22.7. The van der Waals surface area contributed by atoms with Crippen LogP contribution >= 0.6 is 0 Å². The lowest BCUT2D eigenvalue weighted by Gasteiger charge is -2.37. The van der Waals surface area contributed by atoms with E-state index in [0.29, 0.717) is 5.75 Å². The van der Waals surface area contributed by atoms with Crippen molar-refractivity contribution in [1.29, 1.82) is 0 Å². The van der Waals surface area contributed by atoms with Crippen molar-refractivity contribution in [2.24, 2.45) is 5.92 Å². The monoisotopic (exact) mass is 578 g/mol. The quantitative estimate of drug-likeness (QED) is 0.508. The van der Waals surface area contributed by atoms with Gasteiger partial charge >= 0.3 is 0 Å². The van der Waals surface area contributed by atoms with Gasteiger partial charge in [-0.3, -0.25) is 0 Å². The molecule has 11 heteroatoms. The van der Waals surface area contributed by atoms with Gasteiger partial charge in [0.1, 0.15) is 22.5 Å². The van der Waals surface area contributed by atoms with E-state index in [1.165, 1.54) is 34.9 Å². The molecule has 39 heavy (non-hydrogen) atoms. The number of fused-ring (bicyclic) bond motifs is 1. The summed E-state index contributed by atoms with van der Waals surface area (Å²) in [4.78, 5) is 0.103. The average molecular weight is 579 g/mol. The highest BCUT2D eigenvalue weighted by atomic mass is 32.2. The number of sulfonamides is 2. The van der Waals surface area contributed by atoms with E-state index in [4.69, 9.17) is 9.47 Å². The molecule has 0 saturated heterocycles. The molecule has 9 nitrogen and oxygen atoms in total. The van der Waals surface area contributed by atoms with Crippen LogP contribution in [0.2, 0.25) is 0 Å². The van der Waals surface area contributed by atoms with Crippen LogP contribution in [0.4, 0.5) is 0 Å². The lowest BCUT2D eigenvalue weighted by Crippen LogP contribution is -2.50. The first-order valence-corrected chi connectivity index (χ1v) is 16.1. The van der Waals surface area contributed by atoms with Crippen molar-refractivity contribution >= 4 is 25.6 Å². The Hall–Kier alpha value is -2.44. The molecule has 0 bridgehead atoms. The third-order valence-electron chi connectivity index (χ3n) is 7.52. The van der Waals surface area contributed by atoms with E-state index in [-0.39, 0.29) is 41.2 Å². The summed E-state index contributed by atoms with van der Waals surface area (Å²) in [6.07, 6.45) is 5.59. The third-order valence-corrected chi connectivity index (χ3v) is 11.4. The molecule has 1 N–H and O–H groups in total. The highest BCUT2D eigenvalue weighted by Crippen LogP contribution is 2.37. The lowest BCUT2D eigenvalue weighted by atomic mass is 9.93. The van der Waals surface area contributed by atoms with Crippen molar-refractivity contribution in [1.82, 2.24) is 8.61 Å². The number of likely N-dealkylation sites (N-methyl/N-ethyl adjacent to an activating group) is 1. The molecular weight excluding hydrogens is 540 g/mol. The Morgan fingerprint density at radius 2 is 1.97 bits per heavy atom. The van der Waals surface area contributed by atoms with Crippen molar-refractivity contribution < 1.29 is 31.4 Å². The van der Waals surface area contributed by atoms with Gasteiger partial charge < -0.3 is 14.6 Å². The number of nitrogens with zero attached hydrogens (tertiary/aromatic N) is 2. The molecule has 0 amide bonds. The smallest absolute Gasteiger partial charge is 0.247 e. The molecule has 1 aliphatic carbocycles. The minimum Gasteiger partial charge on any atom is -0.497 e. The SMILES string of the molecule is COc1cccc(S(=O)(=O)N(C)C[C@@H]2Oc3cc(C4=CCCCC4)ccc3S(=O)(=O)N([C@@H](C)CO)C[C@H]2C)c1. The Morgan fingerprint density at radius 3 is 2.64 bits per heavy atom. The van der Waals surface area contributed by atoms with E-state index in [2.05, 4.69) is 6.08 Å². The number of hydrogen-bond acceptors (Lipinski definition) is 7. The van der Waals surface area contributed by atoms with Crippen LogP contribution in [0.15, 0.2) is 58.3 Å². The number of methoxy groups -OCH3 is 1. The van der Waals surface area contributed by atoms with Gasteiger partial charge in [-0.25, -0.2) is 16.8 Å². The summed E-state index contributed by atoms with van der Waals surface area (Å²) in [5.41, 5.74) is 2.05. The number of ether oxygens (including phenoxy) is 2. The molecule has 0 spiro atoms. The fourth-order valence-electron chi connectivity index (χ4n) is 5.04. The molecule has 0 aromatic heterocycles. The molecule has 0 radical (unpaired) electrons. The van der Waals surface area contributed by atoms with Gasteiger partial charge in [-0.2, -0.15) is 8.61 Å². The zero-order valence-electron chi connectivity index (χ0n) is 22.9. The topological polar surface area (TPSA) is 113 Å². The maximum Gasteiger partial charge on any atom is 0.247 e. The first kappa shape index (κ1) is 29.5. The Bertz CT molecular complexity index is 1420. The van der Waals surface area contributed by atoms with Gasteiger partial charge in [0.25, 0.3) is 0 Å². The summed E-state index contributed by atoms with van der Waals surface area (Å²) in [5.74, 6) is 0.234. The molecule has 0 fully saturated rings. The number of aliphatic hydroxyl groups excluding tert-OH is 1. The second-order valence-electron chi connectivity index (χ2n) is 10.3. The molecule has 2 aromatic rings. The molecule has 1 aliphatic heterocycles. The molecule has 0 unspecified atom stereocenters. The number of allylic oxidation sites excluding steroid dienone is 2. The summed E-state index contributed by atoms with van der Waals surface area (Å²) in [6, 6.07) is 10.7. The van der Waals surface area contributed by atoms with Gasteiger partial charge in [0.15, 0.2) is 0 Å². The molecule has 1 heterocycles. The van der Waals surface area contributed by atoms with Crippen LogP contribution in [0.25, 0.3) is 5.57 Å². The van der Waals surface area contributed by atoms with Gasteiger partial charge in [-0.05, 0) is 68.0 Å². The highest BCUT2D eigenvalue weighted by molar-refractivity contribution is 7.89. The van der Waals surface area contributed by atoms with Crippen molar-refractivity contribution in [3.05, 3.63) is 54.1 Å². The Morgan fingerprint density at radius 1 is 1.21 bits per heavy atom. The molecular formula is C28H38N2O7S2. The van der Waals surface area contributed by atoms with Crippen LogP contribution in [0.5, 0.6) is 11.5 Å². The Labute approximate surface area is 232 Å². The van der Waals surface area contributed by atoms with E-state index in [0.717, 1.165) is 36.8 Å². The molecule has 3 atom stereocenters. The van der Waals surface area contributed by atoms with Gasteiger partial charge in [0, 0.05) is 31.6 Å². The highest BCUT2D eigenvalue weighted by Gasteiger charge is 2.39. The van der Waals surface area contributed by atoms with E-state index < -0.39 is 32.2 Å². The van der Waals surface area contributed by atoms with Crippen LogP contribution in [0.3, 0.4) is 0 Å². The fraction of sp³-hybridized carbons (Fsp3) is 0.500. The van der Waals surface area contributed by atoms with Gasteiger partial charge in [0.05, 0.1) is 25.2 Å². The van der Waals surface area contributed by atoms with Gasteiger partial charge in [-0.15, -0.1) is 0 Å². The first-order valence-electron chi connectivity index (χ1n) is 13.2. The predicted octanol–water partition coefficient (Wildman–Crippen LogP) is 3.74. The molecule has 4 rings (SSSR count). The predicted molar refractivity (Wildman–Crippen MR) is 150 cm³/mol. The fourth-order valence-corrected chi connectivity index (χ4v) is 8.08. The first-order chi connectivity index (χ1) is 18.5. The van der Waals surface area contributed by atoms with Crippen molar-refractivity contribution in [2.45, 2.75) is 61.5 Å². The largest absolute Gasteiger partial charge is 0.497 e. The third kappa shape index (κ3) is 6.17. The average Bonchev–Trinajstić information content (AvgIpc) is 2.94. The van der Waals surface area contributed by atoms with Gasteiger partial charge in [-0.1, -0.05) is 25.1 Å². The maximum absolute atomic E-state index is 13.7. The van der Waals surface area contributed by atoms with E-state index in [9.17, 15) is 21.9 Å². The summed E-state index contributed by atoms with van der Waals surface area (Å²) in [5, 5.41) is 9.87. The summed E-state index contributed by atoms with van der Waals surface area (Å²) in [6.45, 7) is 3.20. The lowest BCUT2D eigenvalue weighted by molar-refractivity contribution is 0.0904. The Kier molecular flexibility index (Phi) is 9.07. The number of hydrogen-bond donors (Lipinski definition) is 1. The summed E-state index contributed by atoms with van der Waals surface area (Å²) >= 11 is 0. The standard InChI is InChI=1S/C28H38N2O7S2/c1-20-17-30(21(2)19-31)39(34,35)28-14-13-23(22-9-6-5-7-10-22)15-26(28)37-27(20)18-29(3)38(32,33)25-12-8-11-24(16-25)36-4/h8-9,11-16,20-21,27,31H,5-7,10,17-19H2,1-4H3/t20-,21+,27+/m1/s1. The van der Waals surface area contributed by atoms with Crippen molar-refractivity contribution in [3.8, 4) is 11.5 Å². The second-order valence-corrected chi connectivity index (χ2v) is 14.2. The van der Waals surface area contributed by atoms with Crippen LogP contribution < -0.4 is 9.47 Å². The Balaban J connectivity index is 1.74. The summed E-state index contributed by atoms with van der Waals surface area (Å²) in [7, 11) is -4.91. The molecule has 2 aliphatic rings. The number of aliphatic hydroxyl groups is 1. The zero-order valence-corrected chi connectivity index (χ0v) is 24.5. The van der Waals surface area contributed by atoms with Crippen LogP contribution in [-0.4, -0.2) is 76.6 Å². The second kappa shape index (κ2) is 12.0. The zero-order chi connectivity index (χ0) is 28.4. The van der Waals surface area contributed by atoms with Crippen molar-refractivity contribution in [3.63, 3.8) is 0 Å². The number of benzene rings is 2. The van der Waals surface area contributed by atoms with Crippen LogP contribution in [0.1, 0.15) is 45.1 Å².